The van der Waals surface area contributed by atoms with Gasteiger partial charge in [0.2, 0.25) is 0 Å². The predicted molar refractivity (Wildman–Crippen MR) is 60.3 cm³/mol. The van der Waals surface area contributed by atoms with E-state index in [4.69, 9.17) is 0 Å². The van der Waals surface area contributed by atoms with Gasteiger partial charge in [0, 0.05) is 25.9 Å². The van der Waals surface area contributed by atoms with Gasteiger partial charge < -0.3 is 10.2 Å². The maximum absolute atomic E-state index is 11.2. The van der Waals surface area contributed by atoms with Gasteiger partial charge >= 0.3 is 0 Å². The molecule has 0 radical (unpaired) electrons. The van der Waals surface area contributed by atoms with Gasteiger partial charge in [-0.1, -0.05) is 6.92 Å². The monoisotopic (exact) mass is 222 g/mol. The first-order valence-electron chi connectivity index (χ1n) is 4.96. The molecule has 0 aromatic carbocycles. The van der Waals surface area contributed by atoms with Crippen molar-refractivity contribution in [2.24, 2.45) is 0 Å². The molecule has 0 spiro atoms. The number of likely N-dealkylation sites (N-methyl/N-ethyl adjacent to an activating group) is 2. The molecule has 86 valence electrons. The van der Waals surface area contributed by atoms with Crippen LogP contribution < -0.4 is 5.32 Å². The third kappa shape index (κ3) is 6.34. The Bertz CT molecular complexity index is 239. The largest absolute Gasteiger partial charge is 0.316 e. The molecule has 0 amide bonds. The van der Waals surface area contributed by atoms with Crippen LogP contribution in [-0.2, 0) is 9.84 Å². The minimum Gasteiger partial charge on any atom is -0.316 e. The van der Waals surface area contributed by atoms with Crippen LogP contribution in [0.4, 0.5) is 0 Å². The molecule has 1 atom stereocenters. The summed E-state index contributed by atoms with van der Waals surface area (Å²) < 4.78 is 22.3. The smallest absolute Gasteiger partial charge is 0.151 e. The third-order valence-corrected chi connectivity index (χ3v) is 3.83. The van der Waals surface area contributed by atoms with Crippen LogP contribution in [0.25, 0.3) is 0 Å². The van der Waals surface area contributed by atoms with Crippen molar-refractivity contribution < 1.29 is 8.42 Å². The van der Waals surface area contributed by atoms with Crippen molar-refractivity contribution >= 4 is 9.84 Å². The van der Waals surface area contributed by atoms with Crippen LogP contribution in [0.1, 0.15) is 13.8 Å². The number of rotatable bonds is 7. The zero-order chi connectivity index (χ0) is 11.2. The number of nitrogens with zero attached hydrogens (tertiary/aromatic N) is 1. The van der Waals surface area contributed by atoms with Gasteiger partial charge in [-0.3, -0.25) is 0 Å². The topological polar surface area (TPSA) is 49.4 Å². The fourth-order valence-electron chi connectivity index (χ4n) is 1.11. The molecule has 14 heavy (non-hydrogen) atoms. The van der Waals surface area contributed by atoms with E-state index in [0.717, 1.165) is 19.6 Å². The predicted octanol–water partition coefficient (Wildman–Crippen LogP) is -0.0392. The van der Waals surface area contributed by atoms with E-state index in [1.54, 1.807) is 6.92 Å². The maximum Gasteiger partial charge on any atom is 0.151 e. The van der Waals surface area contributed by atoms with Crippen LogP contribution in [0.2, 0.25) is 0 Å². The summed E-state index contributed by atoms with van der Waals surface area (Å²) in [4.78, 5) is 2.04. The highest BCUT2D eigenvalue weighted by atomic mass is 32.2. The van der Waals surface area contributed by atoms with Crippen molar-refractivity contribution in [3.63, 3.8) is 0 Å². The van der Waals surface area contributed by atoms with E-state index in [0.29, 0.717) is 6.54 Å². The second kappa shape index (κ2) is 6.37. The van der Waals surface area contributed by atoms with Gasteiger partial charge in [0.25, 0.3) is 0 Å². The van der Waals surface area contributed by atoms with Crippen molar-refractivity contribution in [2.45, 2.75) is 19.1 Å². The lowest BCUT2D eigenvalue weighted by Gasteiger charge is -2.20. The molecule has 0 aliphatic rings. The first-order valence-corrected chi connectivity index (χ1v) is 6.91. The Labute approximate surface area is 87.6 Å². The summed E-state index contributed by atoms with van der Waals surface area (Å²) in [5, 5.41) is 2.92. The van der Waals surface area contributed by atoms with Gasteiger partial charge in [-0.05, 0) is 20.5 Å². The van der Waals surface area contributed by atoms with Crippen LogP contribution in [0.15, 0.2) is 0 Å². The van der Waals surface area contributed by atoms with E-state index in [1.807, 2.05) is 11.9 Å². The van der Waals surface area contributed by atoms with E-state index in [-0.39, 0.29) is 5.25 Å². The SMILES string of the molecule is CCNCCN(C)CC(C)S(C)(=O)=O. The molecule has 0 aliphatic heterocycles. The van der Waals surface area contributed by atoms with E-state index >= 15 is 0 Å². The van der Waals surface area contributed by atoms with E-state index in [2.05, 4.69) is 12.2 Å². The highest BCUT2D eigenvalue weighted by Gasteiger charge is 2.16. The van der Waals surface area contributed by atoms with E-state index < -0.39 is 9.84 Å². The third-order valence-electron chi connectivity index (χ3n) is 2.22. The van der Waals surface area contributed by atoms with Crippen LogP contribution in [0.3, 0.4) is 0 Å². The Morgan fingerprint density at radius 2 is 2.00 bits per heavy atom. The van der Waals surface area contributed by atoms with Crippen molar-refractivity contribution in [1.29, 1.82) is 0 Å². The summed E-state index contributed by atoms with van der Waals surface area (Å²) in [6.07, 6.45) is 1.29. The highest BCUT2D eigenvalue weighted by molar-refractivity contribution is 7.91. The van der Waals surface area contributed by atoms with Gasteiger partial charge in [-0.2, -0.15) is 0 Å². The molecule has 0 heterocycles. The lowest BCUT2D eigenvalue weighted by Crippen LogP contribution is -2.36. The number of hydrogen-bond donors (Lipinski definition) is 1. The lowest BCUT2D eigenvalue weighted by atomic mass is 10.4. The van der Waals surface area contributed by atoms with Gasteiger partial charge in [0.05, 0.1) is 5.25 Å². The average molecular weight is 222 g/mol. The molecule has 0 fully saturated rings. The highest BCUT2D eigenvalue weighted by Crippen LogP contribution is 1.99. The zero-order valence-corrected chi connectivity index (χ0v) is 10.4. The fourth-order valence-corrected chi connectivity index (χ4v) is 1.64. The molecule has 5 heteroatoms. The molecular formula is C9H22N2O2S. The van der Waals surface area contributed by atoms with Crippen molar-refractivity contribution in [3.8, 4) is 0 Å². The van der Waals surface area contributed by atoms with Crippen LogP contribution in [0, 0.1) is 0 Å². The van der Waals surface area contributed by atoms with E-state index in [1.165, 1.54) is 6.26 Å². The lowest BCUT2D eigenvalue weighted by molar-refractivity contribution is 0.333. The molecule has 0 aromatic rings. The molecular weight excluding hydrogens is 200 g/mol. The van der Waals surface area contributed by atoms with Crippen LogP contribution in [0.5, 0.6) is 0 Å². The van der Waals surface area contributed by atoms with Gasteiger partial charge in [-0.15, -0.1) is 0 Å². The summed E-state index contributed by atoms with van der Waals surface area (Å²) in [7, 11) is -0.947. The number of nitrogens with one attached hydrogen (secondary N) is 1. The van der Waals surface area contributed by atoms with Crippen molar-refractivity contribution in [1.82, 2.24) is 10.2 Å². The first-order chi connectivity index (χ1) is 6.38. The molecule has 0 saturated carbocycles. The maximum atomic E-state index is 11.2. The average Bonchev–Trinajstić information content (AvgIpc) is 2.03. The summed E-state index contributed by atoms with van der Waals surface area (Å²) >= 11 is 0. The summed E-state index contributed by atoms with van der Waals surface area (Å²) in [6.45, 7) is 7.15. The van der Waals surface area contributed by atoms with Gasteiger partial charge in [0.15, 0.2) is 9.84 Å². The second-order valence-electron chi connectivity index (χ2n) is 3.76. The summed E-state index contributed by atoms with van der Waals surface area (Å²) in [5.41, 5.74) is 0. The summed E-state index contributed by atoms with van der Waals surface area (Å²) in [6, 6.07) is 0. The zero-order valence-electron chi connectivity index (χ0n) is 9.58. The van der Waals surface area contributed by atoms with Crippen LogP contribution >= 0.6 is 0 Å². The van der Waals surface area contributed by atoms with Crippen molar-refractivity contribution in [2.75, 3.05) is 39.5 Å². The second-order valence-corrected chi connectivity index (χ2v) is 6.22. The van der Waals surface area contributed by atoms with Gasteiger partial charge in [-0.25, -0.2) is 8.42 Å². The molecule has 4 nitrogen and oxygen atoms in total. The Hall–Kier alpha value is -0.130. The molecule has 1 unspecified atom stereocenters. The summed E-state index contributed by atoms with van der Waals surface area (Å²) in [5.74, 6) is 0. The Kier molecular flexibility index (Phi) is 6.31. The normalized spacial score (nSPS) is 14.6. The molecule has 0 aromatic heterocycles. The molecule has 0 rings (SSSR count). The first kappa shape index (κ1) is 13.9. The van der Waals surface area contributed by atoms with Crippen LogP contribution in [-0.4, -0.2) is 58.1 Å². The van der Waals surface area contributed by atoms with Gasteiger partial charge in [0.1, 0.15) is 0 Å². The minimum atomic E-state index is -2.89. The number of sulfone groups is 1. The Morgan fingerprint density at radius 1 is 1.43 bits per heavy atom. The Morgan fingerprint density at radius 3 is 2.43 bits per heavy atom. The fraction of sp³-hybridized carbons (Fsp3) is 1.00. The van der Waals surface area contributed by atoms with Crippen molar-refractivity contribution in [3.05, 3.63) is 0 Å². The molecule has 0 aliphatic carbocycles. The minimum absolute atomic E-state index is 0.283. The molecule has 0 saturated heterocycles. The molecule has 1 N–H and O–H groups in total. The number of hydrogen-bond acceptors (Lipinski definition) is 4. The van der Waals surface area contributed by atoms with E-state index in [9.17, 15) is 8.42 Å². The quantitative estimate of drug-likeness (QED) is 0.614. The Balaban J connectivity index is 3.77. The standard InChI is InChI=1S/C9H22N2O2S/c1-5-10-6-7-11(3)8-9(2)14(4,12)13/h9-10H,5-8H2,1-4H3. The molecule has 0 bridgehead atoms.